The van der Waals surface area contributed by atoms with Gasteiger partial charge in [-0.25, -0.2) is 0 Å². The van der Waals surface area contributed by atoms with Crippen LogP contribution in [-0.4, -0.2) is 0 Å². The summed E-state index contributed by atoms with van der Waals surface area (Å²) in [4.78, 5) is 0. The van der Waals surface area contributed by atoms with Crippen molar-refractivity contribution in [3.05, 3.63) is 20.8 Å². The van der Waals surface area contributed by atoms with E-state index < -0.39 is 0 Å². The van der Waals surface area contributed by atoms with Crippen molar-refractivity contribution in [2.75, 3.05) is 0 Å². The molecule has 0 aliphatic heterocycles. The average Bonchev–Trinajstić information content (AvgIpc) is 2.18. The zero-order chi connectivity index (χ0) is 15.0. The van der Waals surface area contributed by atoms with E-state index in [2.05, 4.69) is 62.3 Å². The molecule has 0 bridgehead atoms. The standard InChI is InChI=1S/3C6H13.Hf.H/c3*1-4-5-6(2)3;;/h3*6H,1,4-5H2,2-3H3;;/q3*-1;+4;-1. The molecule has 0 aromatic rings. The van der Waals surface area contributed by atoms with Crippen LogP contribution < -0.4 is 0 Å². The SMILES string of the molecule is [CH2-]CCC(C)C.[CH2-]CCC(C)C.[CH2-]CCC(C)C.[H-].[Hf+4]. The molecule has 0 aliphatic rings. The van der Waals surface area contributed by atoms with Crippen LogP contribution in [0, 0.1) is 38.5 Å². The molecule has 0 aromatic heterocycles. The quantitative estimate of drug-likeness (QED) is 0.315. The van der Waals surface area contributed by atoms with Gasteiger partial charge in [0.05, 0.1) is 0 Å². The van der Waals surface area contributed by atoms with E-state index in [9.17, 15) is 0 Å². The second-order valence-electron chi connectivity index (χ2n) is 6.11. The van der Waals surface area contributed by atoms with E-state index in [4.69, 9.17) is 0 Å². The van der Waals surface area contributed by atoms with Gasteiger partial charge >= 0.3 is 25.8 Å². The summed E-state index contributed by atoms with van der Waals surface area (Å²) in [6.45, 7) is 24.5. The van der Waals surface area contributed by atoms with Gasteiger partial charge in [-0.2, -0.15) is 19.3 Å². The number of rotatable bonds is 6. The summed E-state index contributed by atoms with van der Waals surface area (Å²) in [5.41, 5.74) is 0. The van der Waals surface area contributed by atoms with Gasteiger partial charge in [0.1, 0.15) is 0 Å². The second kappa shape index (κ2) is 23.9. The molecule has 0 nitrogen and oxygen atoms in total. The molecule has 0 heterocycles. The van der Waals surface area contributed by atoms with Gasteiger partial charge in [0, 0.05) is 0 Å². The van der Waals surface area contributed by atoms with Gasteiger partial charge in [0.25, 0.3) is 0 Å². The van der Waals surface area contributed by atoms with Gasteiger partial charge < -0.3 is 22.2 Å². The molecule has 0 unspecified atom stereocenters. The first kappa shape index (κ1) is 28.1. The van der Waals surface area contributed by atoms with Gasteiger partial charge in [-0.1, -0.05) is 60.8 Å². The third-order valence-corrected chi connectivity index (χ3v) is 2.34. The molecule has 0 atom stereocenters. The Morgan fingerprint density at radius 1 is 0.579 bits per heavy atom. The molecule has 0 aliphatic carbocycles. The van der Waals surface area contributed by atoms with Crippen molar-refractivity contribution < 1.29 is 27.3 Å². The van der Waals surface area contributed by atoms with Gasteiger partial charge in [-0.3, -0.25) is 0 Å². The van der Waals surface area contributed by atoms with Crippen LogP contribution in [0.15, 0.2) is 0 Å². The Bertz CT molecular complexity index is 98.8. The van der Waals surface area contributed by atoms with Crippen molar-refractivity contribution >= 4 is 0 Å². The maximum absolute atomic E-state index is 3.73. The Labute approximate surface area is 145 Å². The van der Waals surface area contributed by atoms with Crippen LogP contribution in [0.1, 0.15) is 81.5 Å². The molecule has 0 saturated heterocycles. The normalized spacial score (nSPS) is 9.47. The zero-order valence-electron chi connectivity index (χ0n) is 15.6. The number of hydrogen-bond acceptors (Lipinski definition) is 0. The summed E-state index contributed by atoms with van der Waals surface area (Å²) in [5.74, 6) is 2.51. The summed E-state index contributed by atoms with van der Waals surface area (Å²) in [6.07, 6.45) is 7.03. The summed E-state index contributed by atoms with van der Waals surface area (Å²) in [6, 6.07) is 0. The maximum Gasteiger partial charge on any atom is 4.00 e. The smallest absolute Gasteiger partial charge is 1.00 e. The molecule has 0 aromatic carbocycles. The summed E-state index contributed by atoms with van der Waals surface area (Å²) < 4.78 is 0. The van der Waals surface area contributed by atoms with Crippen molar-refractivity contribution in [2.24, 2.45) is 17.8 Å². The van der Waals surface area contributed by atoms with Gasteiger partial charge in [0.2, 0.25) is 0 Å². The molecule has 0 fully saturated rings. The molecule has 0 spiro atoms. The Morgan fingerprint density at radius 3 is 0.737 bits per heavy atom. The molecule has 1 heteroatoms. The Hall–Kier alpha value is 0.870. The minimum absolute atomic E-state index is 0. The van der Waals surface area contributed by atoms with E-state index in [1.165, 1.54) is 19.3 Å². The molecule has 19 heavy (non-hydrogen) atoms. The summed E-state index contributed by atoms with van der Waals surface area (Å²) in [5, 5.41) is 0. The van der Waals surface area contributed by atoms with E-state index in [0.717, 1.165) is 37.0 Å². The summed E-state index contributed by atoms with van der Waals surface area (Å²) >= 11 is 0. The average molecular weight is 435 g/mol. The topological polar surface area (TPSA) is 0 Å². The van der Waals surface area contributed by atoms with Gasteiger partial charge in [-0.15, -0.1) is 0 Å². The van der Waals surface area contributed by atoms with Crippen LogP contribution in [0.4, 0.5) is 0 Å². The van der Waals surface area contributed by atoms with Crippen LogP contribution in [0.25, 0.3) is 0 Å². The van der Waals surface area contributed by atoms with Crippen molar-refractivity contribution in [3.63, 3.8) is 0 Å². The van der Waals surface area contributed by atoms with Crippen LogP contribution in [-0.2, 0) is 25.8 Å². The predicted octanol–water partition coefficient (Wildman–Crippen LogP) is 6.88. The first-order valence-corrected chi connectivity index (χ1v) is 7.69. The molecular weight excluding hydrogens is 395 g/mol. The fraction of sp³-hybridized carbons (Fsp3) is 0.833. The Morgan fingerprint density at radius 2 is 0.737 bits per heavy atom. The summed E-state index contributed by atoms with van der Waals surface area (Å²) in [7, 11) is 0. The molecule has 116 valence electrons. The van der Waals surface area contributed by atoms with Crippen LogP contribution in [0.5, 0.6) is 0 Å². The maximum atomic E-state index is 3.73. The Kier molecular flexibility index (Phi) is 35.4. The van der Waals surface area contributed by atoms with E-state index in [-0.39, 0.29) is 27.3 Å². The van der Waals surface area contributed by atoms with Gasteiger partial charge in [0.15, 0.2) is 0 Å². The van der Waals surface area contributed by atoms with Crippen molar-refractivity contribution in [3.8, 4) is 0 Å². The van der Waals surface area contributed by atoms with Crippen molar-refractivity contribution in [1.82, 2.24) is 0 Å². The molecule has 0 radical (unpaired) electrons. The van der Waals surface area contributed by atoms with E-state index in [0.29, 0.717) is 0 Å². The minimum Gasteiger partial charge on any atom is -1.00 e. The molecule has 0 N–H and O–H groups in total. The van der Waals surface area contributed by atoms with Crippen LogP contribution in [0.3, 0.4) is 0 Å². The van der Waals surface area contributed by atoms with Crippen molar-refractivity contribution in [1.29, 1.82) is 0 Å². The molecule has 0 amide bonds. The molecule has 0 rings (SSSR count). The predicted molar refractivity (Wildman–Crippen MR) is 89.4 cm³/mol. The third-order valence-electron chi connectivity index (χ3n) is 2.34. The van der Waals surface area contributed by atoms with E-state index >= 15 is 0 Å². The Balaban J connectivity index is -0.0000000536. The zero-order valence-corrected chi connectivity index (χ0v) is 18.2. The largest absolute Gasteiger partial charge is 4.00 e. The third kappa shape index (κ3) is 55.1. The van der Waals surface area contributed by atoms with Crippen LogP contribution in [0.2, 0.25) is 0 Å². The monoisotopic (exact) mass is 436 g/mol. The number of hydrogen-bond donors (Lipinski definition) is 0. The van der Waals surface area contributed by atoms with E-state index in [1.54, 1.807) is 0 Å². The second-order valence-corrected chi connectivity index (χ2v) is 6.11. The first-order chi connectivity index (χ1) is 8.31. The minimum atomic E-state index is 0. The molecule has 0 saturated carbocycles. The van der Waals surface area contributed by atoms with Crippen molar-refractivity contribution in [2.45, 2.75) is 80.1 Å². The van der Waals surface area contributed by atoms with Gasteiger partial charge in [-0.05, 0) is 17.8 Å². The van der Waals surface area contributed by atoms with Crippen LogP contribution >= 0.6 is 0 Å². The van der Waals surface area contributed by atoms with E-state index in [1.807, 2.05) is 0 Å². The molecular formula is C18H40Hf. The first-order valence-electron chi connectivity index (χ1n) is 7.69. The fourth-order valence-corrected chi connectivity index (χ4v) is 1.22. The fourth-order valence-electron chi connectivity index (χ4n) is 1.22.